The van der Waals surface area contributed by atoms with Gasteiger partial charge in [-0.3, -0.25) is 29.0 Å². The average molecular weight is 611 g/mol. The Bertz CT molecular complexity index is 1240. The third-order valence-corrected chi connectivity index (χ3v) is 7.04. The smallest absolute Gasteiger partial charge is 0.270 e. The highest BCUT2D eigenvalue weighted by molar-refractivity contribution is 5.96. The lowest BCUT2D eigenvalue weighted by Crippen LogP contribution is -2.55. The number of primary amides is 1. The van der Waals surface area contributed by atoms with Gasteiger partial charge in [-0.05, 0) is 55.7 Å². The van der Waals surface area contributed by atoms with Crippen molar-refractivity contribution in [2.45, 2.75) is 90.6 Å². The van der Waals surface area contributed by atoms with E-state index in [0.29, 0.717) is 19.3 Å². The lowest BCUT2D eigenvalue weighted by molar-refractivity contribution is -0.132. The van der Waals surface area contributed by atoms with Crippen molar-refractivity contribution in [2.24, 2.45) is 17.6 Å². The number of amides is 5. The van der Waals surface area contributed by atoms with Crippen molar-refractivity contribution in [3.8, 4) is 0 Å². The molecule has 1 aromatic heterocycles. The highest BCUT2D eigenvalue weighted by Crippen LogP contribution is 2.13. The third kappa shape index (κ3) is 12.1. The fourth-order valence-electron chi connectivity index (χ4n) is 4.56. The highest BCUT2D eigenvalue weighted by atomic mass is 16.3. The third-order valence-electron chi connectivity index (χ3n) is 7.04. The molecule has 0 saturated heterocycles. The van der Waals surface area contributed by atoms with Crippen LogP contribution in [0.1, 0.15) is 69.9 Å². The Morgan fingerprint density at radius 3 is 2.07 bits per heavy atom. The van der Waals surface area contributed by atoms with Crippen LogP contribution in [0.15, 0.2) is 54.7 Å². The minimum atomic E-state index is -1.31. The summed E-state index contributed by atoms with van der Waals surface area (Å²) in [6.45, 7) is 8.79. The van der Waals surface area contributed by atoms with E-state index in [1.807, 2.05) is 44.2 Å². The quantitative estimate of drug-likeness (QED) is 0.155. The Hall–Kier alpha value is -4.32. The first-order valence-electron chi connectivity index (χ1n) is 14.9. The van der Waals surface area contributed by atoms with Crippen LogP contribution < -0.4 is 27.0 Å². The topological polar surface area (TPSA) is 193 Å². The molecule has 2 aromatic rings. The van der Waals surface area contributed by atoms with Crippen molar-refractivity contribution in [1.82, 2.24) is 26.3 Å². The van der Waals surface area contributed by atoms with Crippen molar-refractivity contribution in [1.29, 1.82) is 0 Å². The Morgan fingerprint density at radius 1 is 0.841 bits per heavy atom. The molecule has 12 nitrogen and oxygen atoms in total. The molecule has 5 amide bonds. The molecule has 0 radical (unpaired) electrons. The molecule has 44 heavy (non-hydrogen) atoms. The van der Waals surface area contributed by atoms with Crippen LogP contribution in [0.4, 0.5) is 0 Å². The fraction of sp³-hybridized carbons (Fsp3) is 0.500. The molecule has 240 valence electrons. The van der Waals surface area contributed by atoms with E-state index in [1.165, 1.54) is 19.2 Å². The van der Waals surface area contributed by atoms with Gasteiger partial charge in [-0.25, -0.2) is 0 Å². The summed E-state index contributed by atoms with van der Waals surface area (Å²) in [7, 11) is 0. The zero-order valence-corrected chi connectivity index (χ0v) is 26.1. The van der Waals surface area contributed by atoms with Gasteiger partial charge in [-0.15, -0.1) is 0 Å². The summed E-state index contributed by atoms with van der Waals surface area (Å²) in [5.41, 5.74) is 6.54. The fourth-order valence-corrected chi connectivity index (χ4v) is 4.56. The zero-order chi connectivity index (χ0) is 32.8. The molecule has 12 heteroatoms. The summed E-state index contributed by atoms with van der Waals surface area (Å²) in [5.74, 6) is -3.10. The Morgan fingerprint density at radius 2 is 1.50 bits per heavy atom. The van der Waals surface area contributed by atoms with Crippen LogP contribution in [0.2, 0.25) is 0 Å². The van der Waals surface area contributed by atoms with E-state index in [-0.39, 0.29) is 17.5 Å². The van der Waals surface area contributed by atoms with Crippen LogP contribution in [0.5, 0.6) is 0 Å². The number of aromatic nitrogens is 1. The summed E-state index contributed by atoms with van der Waals surface area (Å²) in [6.07, 6.45) is 0.913. The van der Waals surface area contributed by atoms with Crippen LogP contribution in [0, 0.1) is 11.8 Å². The number of nitrogens with two attached hydrogens (primary N) is 1. The van der Waals surface area contributed by atoms with Crippen LogP contribution in [-0.4, -0.2) is 69.9 Å². The maximum Gasteiger partial charge on any atom is 0.270 e. The Kier molecular flexibility index (Phi) is 14.4. The highest BCUT2D eigenvalue weighted by Gasteiger charge is 2.31. The molecule has 0 fully saturated rings. The van der Waals surface area contributed by atoms with Crippen molar-refractivity contribution in [3.05, 3.63) is 66.0 Å². The summed E-state index contributed by atoms with van der Waals surface area (Å²) in [6, 6.07) is 10.7. The van der Waals surface area contributed by atoms with Gasteiger partial charge in [-0.1, -0.05) is 64.1 Å². The van der Waals surface area contributed by atoms with Gasteiger partial charge in [0.15, 0.2) is 0 Å². The van der Waals surface area contributed by atoms with Gasteiger partial charge >= 0.3 is 0 Å². The first-order chi connectivity index (χ1) is 20.8. The molecule has 1 aromatic carbocycles. The Balaban J connectivity index is 2.11. The summed E-state index contributed by atoms with van der Waals surface area (Å²) >= 11 is 0. The number of hydrogen-bond acceptors (Lipinski definition) is 7. The summed E-state index contributed by atoms with van der Waals surface area (Å²) in [4.78, 5) is 67.4. The van der Waals surface area contributed by atoms with Gasteiger partial charge in [0.25, 0.3) is 5.91 Å². The number of hydrogen-bond donors (Lipinski definition) is 6. The molecule has 0 spiro atoms. The number of aryl methyl sites for hydroxylation is 1. The monoisotopic (exact) mass is 610 g/mol. The van der Waals surface area contributed by atoms with E-state index in [4.69, 9.17) is 5.73 Å². The predicted octanol–water partition coefficient (Wildman–Crippen LogP) is 1.23. The SMILES string of the molecule is CC(C)C[C@H](NC(=O)[C@H](C)NC(=O)C[C@H](O)[C@H](CCc1ccccc1)NC(=O)[C@@H](NC(=O)c1ccccn1)C(C)C)C(N)=O. The van der Waals surface area contributed by atoms with E-state index in [9.17, 15) is 29.1 Å². The lowest BCUT2D eigenvalue weighted by atomic mass is 9.97. The molecule has 0 saturated carbocycles. The van der Waals surface area contributed by atoms with Crippen molar-refractivity contribution in [3.63, 3.8) is 0 Å². The number of benzene rings is 1. The number of pyridine rings is 1. The maximum atomic E-state index is 13.4. The van der Waals surface area contributed by atoms with E-state index in [2.05, 4.69) is 26.3 Å². The average Bonchev–Trinajstić information content (AvgIpc) is 2.97. The lowest BCUT2D eigenvalue weighted by Gasteiger charge is -2.28. The molecular weight excluding hydrogens is 564 g/mol. The van der Waals surface area contributed by atoms with Crippen LogP contribution >= 0.6 is 0 Å². The molecule has 0 aliphatic carbocycles. The molecular formula is C32H46N6O6. The van der Waals surface area contributed by atoms with Gasteiger partial charge in [-0.2, -0.15) is 0 Å². The summed E-state index contributed by atoms with van der Waals surface area (Å²) < 4.78 is 0. The molecule has 5 atom stereocenters. The molecule has 2 rings (SSSR count). The van der Waals surface area contributed by atoms with Gasteiger partial charge in [0.05, 0.1) is 18.6 Å². The van der Waals surface area contributed by atoms with E-state index in [1.54, 1.807) is 26.0 Å². The number of aliphatic hydroxyl groups excluding tert-OH is 1. The number of aliphatic hydroxyl groups is 1. The second-order valence-corrected chi connectivity index (χ2v) is 11.7. The predicted molar refractivity (Wildman–Crippen MR) is 166 cm³/mol. The van der Waals surface area contributed by atoms with E-state index >= 15 is 0 Å². The van der Waals surface area contributed by atoms with Gasteiger partial charge < -0.3 is 32.1 Å². The standard InChI is InChI=1S/C32H46N6O6/c1-19(2)17-25(29(33)41)37-30(42)21(5)35-27(40)18-26(39)23(15-14-22-11-7-6-8-12-22)36-32(44)28(20(3)4)38-31(43)24-13-9-10-16-34-24/h6-13,16,19-21,23,25-26,28,39H,14-15,17-18H2,1-5H3,(H2,33,41)(H,35,40)(H,36,44)(H,37,42)(H,38,43)/t21-,23-,25-,26-,28-/m0/s1. The minimum Gasteiger partial charge on any atom is -0.390 e. The number of carbonyl (C=O) groups excluding carboxylic acids is 5. The second-order valence-electron chi connectivity index (χ2n) is 11.7. The summed E-state index contributed by atoms with van der Waals surface area (Å²) in [5, 5.41) is 21.8. The molecule has 0 unspecified atom stereocenters. The largest absolute Gasteiger partial charge is 0.390 e. The number of nitrogens with one attached hydrogen (secondary N) is 4. The molecule has 0 aliphatic heterocycles. The van der Waals surface area contributed by atoms with E-state index in [0.717, 1.165) is 5.56 Å². The second kappa shape index (κ2) is 17.7. The Labute approximate surface area is 259 Å². The van der Waals surface area contributed by atoms with Crippen LogP contribution in [0.25, 0.3) is 0 Å². The number of rotatable bonds is 17. The number of nitrogens with zero attached hydrogens (tertiary/aromatic N) is 1. The van der Waals surface area contributed by atoms with Crippen molar-refractivity contribution in [2.75, 3.05) is 0 Å². The first kappa shape index (κ1) is 35.9. The van der Waals surface area contributed by atoms with Gasteiger partial charge in [0.1, 0.15) is 23.8 Å². The van der Waals surface area contributed by atoms with Crippen LogP contribution in [0.3, 0.4) is 0 Å². The van der Waals surface area contributed by atoms with Gasteiger partial charge in [0, 0.05) is 6.20 Å². The zero-order valence-electron chi connectivity index (χ0n) is 26.1. The molecule has 0 bridgehead atoms. The molecule has 1 heterocycles. The van der Waals surface area contributed by atoms with Gasteiger partial charge in [0.2, 0.25) is 23.6 Å². The minimum absolute atomic E-state index is 0.106. The maximum absolute atomic E-state index is 13.4. The normalized spacial score (nSPS) is 14.5. The van der Waals surface area contributed by atoms with E-state index < -0.39 is 66.2 Å². The van der Waals surface area contributed by atoms with Crippen molar-refractivity contribution < 1.29 is 29.1 Å². The van der Waals surface area contributed by atoms with Crippen LogP contribution in [-0.2, 0) is 25.6 Å². The molecule has 7 N–H and O–H groups in total. The van der Waals surface area contributed by atoms with Crippen molar-refractivity contribution >= 4 is 29.5 Å². The molecule has 0 aliphatic rings. The number of carbonyl (C=O) groups is 5. The first-order valence-corrected chi connectivity index (χ1v) is 14.9.